The van der Waals surface area contributed by atoms with E-state index in [1.54, 1.807) is 13.2 Å². The highest BCUT2D eigenvalue weighted by Crippen LogP contribution is 2.24. The second-order valence-electron chi connectivity index (χ2n) is 2.62. The van der Waals surface area contributed by atoms with Crippen molar-refractivity contribution in [2.75, 3.05) is 7.11 Å². The van der Waals surface area contributed by atoms with Crippen molar-refractivity contribution in [2.24, 2.45) is 0 Å². The molecular formula is C10H13ClO2. The molecule has 0 aromatic heterocycles. The maximum Gasteiger partial charge on any atom is 0.199 e. The molecule has 1 unspecified atom stereocenters. The smallest absolute Gasteiger partial charge is 0.199 e. The number of hydrogen-bond donors (Lipinski definition) is 0. The summed E-state index contributed by atoms with van der Waals surface area (Å²) < 4.78 is 10.6. The number of benzene rings is 1. The van der Waals surface area contributed by atoms with Crippen LogP contribution in [0.3, 0.4) is 0 Å². The SMILES string of the molecule is CCC(OC)Oc1ccccc1Cl. The standard InChI is InChI=1S/C10H13ClO2/c1-3-10(12-2)13-9-7-5-4-6-8(9)11/h4-7,10H,3H2,1-2H3. The fourth-order valence-electron chi connectivity index (χ4n) is 0.980. The Labute approximate surface area is 83.4 Å². The van der Waals surface area contributed by atoms with E-state index >= 15 is 0 Å². The number of halogens is 1. The molecule has 1 rings (SSSR count). The van der Waals surface area contributed by atoms with Gasteiger partial charge < -0.3 is 9.47 Å². The average Bonchev–Trinajstić information content (AvgIpc) is 2.17. The Bertz CT molecular complexity index is 259. The molecule has 0 aliphatic carbocycles. The molecule has 0 radical (unpaired) electrons. The predicted molar refractivity (Wildman–Crippen MR) is 53.2 cm³/mol. The van der Waals surface area contributed by atoms with Crippen molar-refractivity contribution in [2.45, 2.75) is 19.6 Å². The summed E-state index contributed by atoms with van der Waals surface area (Å²) in [7, 11) is 1.62. The summed E-state index contributed by atoms with van der Waals surface area (Å²) in [5.74, 6) is 0.665. The molecule has 0 fully saturated rings. The van der Waals surface area contributed by atoms with E-state index in [0.717, 1.165) is 6.42 Å². The van der Waals surface area contributed by atoms with E-state index in [1.165, 1.54) is 0 Å². The van der Waals surface area contributed by atoms with Crippen molar-refractivity contribution >= 4 is 11.6 Å². The second-order valence-corrected chi connectivity index (χ2v) is 3.03. The zero-order valence-electron chi connectivity index (χ0n) is 7.79. The van der Waals surface area contributed by atoms with E-state index < -0.39 is 0 Å². The summed E-state index contributed by atoms with van der Waals surface area (Å²) in [6.45, 7) is 1.99. The molecule has 72 valence electrons. The largest absolute Gasteiger partial charge is 0.463 e. The Morgan fingerprint density at radius 1 is 1.38 bits per heavy atom. The first-order valence-electron chi connectivity index (χ1n) is 4.22. The topological polar surface area (TPSA) is 18.5 Å². The van der Waals surface area contributed by atoms with Crippen LogP contribution in [-0.2, 0) is 4.74 Å². The van der Waals surface area contributed by atoms with Gasteiger partial charge in [-0.3, -0.25) is 0 Å². The van der Waals surface area contributed by atoms with Crippen LogP contribution in [0.4, 0.5) is 0 Å². The lowest BCUT2D eigenvalue weighted by Crippen LogP contribution is -2.17. The Morgan fingerprint density at radius 3 is 2.62 bits per heavy atom. The van der Waals surface area contributed by atoms with Gasteiger partial charge in [0.15, 0.2) is 6.29 Å². The van der Waals surface area contributed by atoms with Gasteiger partial charge in [-0.15, -0.1) is 0 Å². The molecule has 0 bridgehead atoms. The minimum absolute atomic E-state index is 0.222. The van der Waals surface area contributed by atoms with Crippen LogP contribution in [0.5, 0.6) is 5.75 Å². The first kappa shape index (κ1) is 10.4. The average molecular weight is 201 g/mol. The molecule has 13 heavy (non-hydrogen) atoms. The minimum Gasteiger partial charge on any atom is -0.463 e. The van der Waals surface area contributed by atoms with Crippen molar-refractivity contribution in [1.82, 2.24) is 0 Å². The Morgan fingerprint density at radius 2 is 2.08 bits per heavy atom. The lowest BCUT2D eigenvalue weighted by molar-refractivity contribution is -0.0547. The first-order valence-corrected chi connectivity index (χ1v) is 4.59. The van der Waals surface area contributed by atoms with Crippen LogP contribution in [-0.4, -0.2) is 13.4 Å². The number of rotatable bonds is 4. The highest BCUT2D eigenvalue weighted by atomic mass is 35.5. The van der Waals surface area contributed by atoms with E-state index in [-0.39, 0.29) is 6.29 Å². The molecule has 1 aromatic rings. The summed E-state index contributed by atoms with van der Waals surface area (Å²) in [6.07, 6.45) is 0.571. The third kappa shape index (κ3) is 2.90. The zero-order chi connectivity index (χ0) is 9.68. The van der Waals surface area contributed by atoms with Gasteiger partial charge in [0.05, 0.1) is 5.02 Å². The minimum atomic E-state index is -0.222. The molecule has 0 saturated heterocycles. The molecule has 1 atom stereocenters. The summed E-state index contributed by atoms with van der Waals surface area (Å²) in [5, 5.41) is 0.609. The quantitative estimate of drug-likeness (QED) is 0.696. The number of hydrogen-bond acceptors (Lipinski definition) is 2. The van der Waals surface area contributed by atoms with E-state index in [1.807, 2.05) is 25.1 Å². The normalized spacial score (nSPS) is 12.5. The van der Waals surface area contributed by atoms with Gasteiger partial charge in [-0.2, -0.15) is 0 Å². The van der Waals surface area contributed by atoms with Crippen molar-refractivity contribution in [3.05, 3.63) is 29.3 Å². The Balaban J connectivity index is 2.67. The van der Waals surface area contributed by atoms with Gasteiger partial charge >= 0.3 is 0 Å². The van der Waals surface area contributed by atoms with Crippen LogP contribution in [0.25, 0.3) is 0 Å². The molecule has 0 saturated carbocycles. The van der Waals surface area contributed by atoms with Gasteiger partial charge in [0, 0.05) is 13.5 Å². The first-order chi connectivity index (χ1) is 6.27. The maximum absolute atomic E-state index is 5.90. The highest BCUT2D eigenvalue weighted by molar-refractivity contribution is 6.32. The van der Waals surface area contributed by atoms with Crippen molar-refractivity contribution in [1.29, 1.82) is 0 Å². The van der Waals surface area contributed by atoms with E-state index in [0.29, 0.717) is 10.8 Å². The predicted octanol–water partition coefficient (Wildman–Crippen LogP) is 3.10. The number of methoxy groups -OCH3 is 1. The van der Waals surface area contributed by atoms with Crippen LogP contribution >= 0.6 is 11.6 Å². The van der Waals surface area contributed by atoms with Gasteiger partial charge in [-0.05, 0) is 12.1 Å². The van der Waals surface area contributed by atoms with E-state index in [9.17, 15) is 0 Å². The summed E-state index contributed by atoms with van der Waals surface area (Å²) in [4.78, 5) is 0. The molecule has 1 aromatic carbocycles. The summed E-state index contributed by atoms with van der Waals surface area (Å²) in [5.41, 5.74) is 0. The fraction of sp³-hybridized carbons (Fsp3) is 0.400. The van der Waals surface area contributed by atoms with Crippen LogP contribution in [0, 0.1) is 0 Å². The van der Waals surface area contributed by atoms with E-state index in [2.05, 4.69) is 0 Å². The molecule has 0 aliphatic heterocycles. The molecule has 0 spiro atoms. The van der Waals surface area contributed by atoms with Crippen molar-refractivity contribution in [3.8, 4) is 5.75 Å². The van der Waals surface area contributed by atoms with Crippen LogP contribution in [0.1, 0.15) is 13.3 Å². The van der Waals surface area contributed by atoms with Gasteiger partial charge in [0.25, 0.3) is 0 Å². The third-order valence-corrected chi connectivity index (χ3v) is 2.00. The molecule has 2 nitrogen and oxygen atoms in total. The van der Waals surface area contributed by atoms with Crippen LogP contribution in [0.2, 0.25) is 5.02 Å². The second kappa shape index (κ2) is 5.10. The molecule has 0 amide bonds. The van der Waals surface area contributed by atoms with Crippen LogP contribution < -0.4 is 4.74 Å². The van der Waals surface area contributed by atoms with Gasteiger partial charge in [0.2, 0.25) is 0 Å². The molecule has 3 heteroatoms. The van der Waals surface area contributed by atoms with Gasteiger partial charge in [-0.25, -0.2) is 0 Å². The fourth-order valence-corrected chi connectivity index (χ4v) is 1.16. The molecule has 0 N–H and O–H groups in total. The van der Waals surface area contributed by atoms with E-state index in [4.69, 9.17) is 21.1 Å². The molecular weight excluding hydrogens is 188 g/mol. The van der Waals surface area contributed by atoms with Crippen LogP contribution in [0.15, 0.2) is 24.3 Å². The number of ether oxygens (including phenoxy) is 2. The van der Waals surface area contributed by atoms with Crippen molar-refractivity contribution in [3.63, 3.8) is 0 Å². The van der Waals surface area contributed by atoms with Gasteiger partial charge in [0.1, 0.15) is 5.75 Å². The summed E-state index contributed by atoms with van der Waals surface area (Å²) in [6, 6.07) is 7.36. The van der Waals surface area contributed by atoms with Gasteiger partial charge in [-0.1, -0.05) is 30.7 Å². The molecule has 0 heterocycles. The lowest BCUT2D eigenvalue weighted by atomic mass is 10.3. The summed E-state index contributed by atoms with van der Waals surface area (Å²) >= 11 is 5.90. The zero-order valence-corrected chi connectivity index (χ0v) is 8.54. The Kier molecular flexibility index (Phi) is 4.06. The lowest BCUT2D eigenvalue weighted by Gasteiger charge is -2.16. The number of para-hydroxylation sites is 1. The Hall–Kier alpha value is -0.730. The molecule has 0 aliphatic rings. The monoisotopic (exact) mass is 200 g/mol. The highest BCUT2D eigenvalue weighted by Gasteiger charge is 2.07. The third-order valence-electron chi connectivity index (χ3n) is 1.69. The van der Waals surface area contributed by atoms with Crippen molar-refractivity contribution < 1.29 is 9.47 Å². The maximum atomic E-state index is 5.90.